The number of piperidine rings is 1. The van der Waals surface area contributed by atoms with Crippen LogP contribution in [-0.2, 0) is 19.5 Å². The Labute approximate surface area is 166 Å². The van der Waals surface area contributed by atoms with Crippen molar-refractivity contribution in [2.75, 3.05) is 34.4 Å². The number of carbonyl (C=O) groups excluding carboxylic acids is 2. The molecule has 0 radical (unpaired) electrons. The first-order chi connectivity index (χ1) is 13.1. The number of hydrogen-bond acceptors (Lipinski definition) is 7. The number of likely N-dealkylation sites (tertiary alicyclic amines) is 1. The summed E-state index contributed by atoms with van der Waals surface area (Å²) >= 11 is 0. The van der Waals surface area contributed by atoms with Crippen molar-refractivity contribution in [2.24, 2.45) is 0 Å². The van der Waals surface area contributed by atoms with Gasteiger partial charge in [0.25, 0.3) is 0 Å². The number of ether oxygens (including phenoxy) is 2. The first-order valence-corrected chi connectivity index (χ1v) is 10.6. The summed E-state index contributed by atoms with van der Waals surface area (Å²) in [4.78, 5) is 26.0. The highest BCUT2D eigenvalue weighted by Gasteiger charge is 2.34. The Morgan fingerprint density at radius 1 is 1.11 bits per heavy atom. The highest BCUT2D eigenvalue weighted by atomic mass is 32.2. The molecule has 0 unspecified atom stereocenters. The van der Waals surface area contributed by atoms with E-state index in [4.69, 9.17) is 4.74 Å². The van der Waals surface area contributed by atoms with Crippen molar-refractivity contribution in [3.63, 3.8) is 0 Å². The normalized spacial score (nSPS) is 16.4. The lowest BCUT2D eigenvalue weighted by Gasteiger charge is -2.38. The maximum Gasteiger partial charge on any atom is 0.339 e. The number of carbonyl (C=O) groups is 2. The van der Waals surface area contributed by atoms with E-state index in [1.165, 1.54) is 43.8 Å². The molecule has 156 valence electrons. The first kappa shape index (κ1) is 22.3. The Balaban J connectivity index is 2.40. The van der Waals surface area contributed by atoms with Crippen molar-refractivity contribution in [3.8, 4) is 0 Å². The maximum absolute atomic E-state index is 13.3. The van der Waals surface area contributed by atoms with Crippen molar-refractivity contribution in [1.29, 1.82) is 0 Å². The van der Waals surface area contributed by atoms with Crippen LogP contribution in [-0.4, -0.2) is 76.0 Å². The average Bonchev–Trinajstić information content (AvgIpc) is 2.71. The Hall–Kier alpha value is -1.97. The van der Waals surface area contributed by atoms with Crippen LogP contribution in [0.15, 0.2) is 23.1 Å². The van der Waals surface area contributed by atoms with Crippen LogP contribution in [0.5, 0.6) is 0 Å². The Kier molecular flexibility index (Phi) is 7.19. The molecule has 1 heterocycles. The van der Waals surface area contributed by atoms with Gasteiger partial charge in [0.05, 0.1) is 30.2 Å². The van der Waals surface area contributed by atoms with Gasteiger partial charge in [-0.15, -0.1) is 0 Å². The molecule has 0 bridgehead atoms. The zero-order valence-corrected chi connectivity index (χ0v) is 17.8. The van der Waals surface area contributed by atoms with E-state index in [-0.39, 0.29) is 22.1 Å². The second-order valence-electron chi connectivity index (χ2n) is 7.08. The maximum atomic E-state index is 13.3. The lowest BCUT2D eigenvalue weighted by atomic mass is 10.0. The fraction of sp³-hybridized carbons (Fsp3) is 0.579. The molecule has 0 saturated carbocycles. The quantitative estimate of drug-likeness (QED) is 0.657. The third-order valence-corrected chi connectivity index (χ3v) is 7.16. The topological polar surface area (TPSA) is 93.2 Å². The van der Waals surface area contributed by atoms with Crippen LogP contribution < -0.4 is 0 Å². The summed E-state index contributed by atoms with van der Waals surface area (Å²) in [7, 11) is -0.123. The van der Waals surface area contributed by atoms with E-state index in [0.29, 0.717) is 18.9 Å². The standard InChI is InChI=1S/C19H28N2O6S/c1-13(2)21-10-8-15(9-11-21)20(3)28(24,25)17-12-14(18(22)26-4)6-7-16(17)19(23)27-5/h6-7,12-13,15H,8-11H2,1-5H3. The molecule has 1 saturated heterocycles. The SMILES string of the molecule is COC(=O)c1ccc(C(=O)OC)c(S(=O)(=O)N(C)C2CCN(C(C)C)CC2)c1. The largest absolute Gasteiger partial charge is 0.465 e. The highest BCUT2D eigenvalue weighted by molar-refractivity contribution is 7.89. The molecule has 1 aliphatic rings. The molecular formula is C19H28N2O6S. The number of benzene rings is 1. The third kappa shape index (κ3) is 4.53. The van der Waals surface area contributed by atoms with Crippen molar-refractivity contribution in [2.45, 2.75) is 43.7 Å². The summed E-state index contributed by atoms with van der Waals surface area (Å²) < 4.78 is 37.3. The van der Waals surface area contributed by atoms with Gasteiger partial charge in [-0.05, 0) is 58.0 Å². The second kappa shape index (κ2) is 9.02. The molecule has 1 aliphatic heterocycles. The minimum atomic E-state index is -4.02. The molecule has 0 aromatic heterocycles. The molecule has 1 aromatic rings. The smallest absolute Gasteiger partial charge is 0.339 e. The van der Waals surface area contributed by atoms with Crippen LogP contribution in [0.2, 0.25) is 0 Å². The minimum absolute atomic E-state index is 0.0526. The number of rotatable bonds is 6. The summed E-state index contributed by atoms with van der Waals surface area (Å²) in [5.74, 6) is -1.46. The van der Waals surface area contributed by atoms with Crippen LogP contribution in [0.25, 0.3) is 0 Å². The lowest BCUT2D eigenvalue weighted by Crippen LogP contribution is -2.47. The van der Waals surface area contributed by atoms with Gasteiger partial charge in [0.1, 0.15) is 0 Å². The Morgan fingerprint density at radius 3 is 2.18 bits per heavy atom. The summed E-state index contributed by atoms with van der Waals surface area (Å²) in [6, 6.07) is 4.02. The van der Waals surface area contributed by atoms with Gasteiger partial charge in [-0.25, -0.2) is 18.0 Å². The van der Waals surface area contributed by atoms with Crippen LogP contribution in [0.4, 0.5) is 0 Å². The molecule has 0 amide bonds. The van der Waals surface area contributed by atoms with E-state index in [0.717, 1.165) is 13.1 Å². The first-order valence-electron chi connectivity index (χ1n) is 9.16. The number of hydrogen-bond donors (Lipinski definition) is 0. The molecule has 8 nitrogen and oxygen atoms in total. The zero-order chi connectivity index (χ0) is 21.1. The van der Waals surface area contributed by atoms with Gasteiger partial charge >= 0.3 is 11.9 Å². The highest BCUT2D eigenvalue weighted by Crippen LogP contribution is 2.27. The van der Waals surface area contributed by atoms with Crippen LogP contribution in [0, 0.1) is 0 Å². The molecule has 0 aliphatic carbocycles. The van der Waals surface area contributed by atoms with Gasteiger partial charge in [0, 0.05) is 19.1 Å². The van der Waals surface area contributed by atoms with E-state index in [1.807, 2.05) is 0 Å². The molecule has 0 spiro atoms. The Morgan fingerprint density at radius 2 is 1.68 bits per heavy atom. The molecule has 0 atom stereocenters. The van der Waals surface area contributed by atoms with Gasteiger partial charge < -0.3 is 14.4 Å². The average molecular weight is 413 g/mol. The fourth-order valence-corrected chi connectivity index (χ4v) is 5.00. The minimum Gasteiger partial charge on any atom is -0.465 e. The van der Waals surface area contributed by atoms with Gasteiger partial charge in [-0.3, -0.25) is 0 Å². The molecule has 0 N–H and O–H groups in total. The van der Waals surface area contributed by atoms with Crippen molar-refractivity contribution < 1.29 is 27.5 Å². The van der Waals surface area contributed by atoms with Crippen LogP contribution in [0.1, 0.15) is 47.4 Å². The fourth-order valence-electron chi connectivity index (χ4n) is 3.38. The summed E-state index contributed by atoms with van der Waals surface area (Å²) in [6.45, 7) is 5.83. The predicted molar refractivity (Wildman–Crippen MR) is 104 cm³/mol. The van der Waals surface area contributed by atoms with Crippen molar-refractivity contribution >= 4 is 22.0 Å². The number of sulfonamides is 1. The number of methoxy groups -OCH3 is 2. The van der Waals surface area contributed by atoms with Gasteiger partial charge in [0.2, 0.25) is 10.0 Å². The van der Waals surface area contributed by atoms with Crippen molar-refractivity contribution in [3.05, 3.63) is 29.3 Å². The monoisotopic (exact) mass is 412 g/mol. The van der Waals surface area contributed by atoms with Crippen molar-refractivity contribution in [1.82, 2.24) is 9.21 Å². The van der Waals surface area contributed by atoms with Gasteiger partial charge in [-0.2, -0.15) is 4.31 Å². The van der Waals surface area contributed by atoms with E-state index in [2.05, 4.69) is 23.5 Å². The molecule has 1 fully saturated rings. The summed E-state index contributed by atoms with van der Waals surface area (Å²) in [5, 5.41) is 0. The Bertz CT molecular complexity index is 829. The predicted octanol–water partition coefficient (Wildman–Crippen LogP) is 1.75. The van der Waals surface area contributed by atoms with Crippen LogP contribution >= 0.6 is 0 Å². The molecule has 9 heteroatoms. The zero-order valence-electron chi connectivity index (χ0n) is 17.0. The third-order valence-electron chi connectivity index (χ3n) is 5.21. The van der Waals surface area contributed by atoms with E-state index < -0.39 is 22.0 Å². The molecular weight excluding hydrogens is 384 g/mol. The molecule has 1 aromatic carbocycles. The number of nitrogens with zero attached hydrogens (tertiary/aromatic N) is 2. The van der Waals surface area contributed by atoms with Gasteiger partial charge in [0.15, 0.2) is 0 Å². The van der Waals surface area contributed by atoms with E-state index in [9.17, 15) is 18.0 Å². The molecule has 28 heavy (non-hydrogen) atoms. The van der Waals surface area contributed by atoms with E-state index >= 15 is 0 Å². The second-order valence-corrected chi connectivity index (χ2v) is 9.04. The lowest BCUT2D eigenvalue weighted by molar-refractivity contribution is 0.0583. The molecule has 2 rings (SSSR count). The van der Waals surface area contributed by atoms with E-state index in [1.54, 1.807) is 0 Å². The van der Waals surface area contributed by atoms with Crippen LogP contribution in [0.3, 0.4) is 0 Å². The summed E-state index contributed by atoms with van der Waals surface area (Å²) in [6.07, 6.45) is 1.39. The number of esters is 2. The van der Waals surface area contributed by atoms with Gasteiger partial charge in [-0.1, -0.05) is 0 Å². The summed E-state index contributed by atoms with van der Waals surface area (Å²) in [5.41, 5.74) is -0.0571.